The highest BCUT2D eigenvalue weighted by molar-refractivity contribution is 6.32. The summed E-state index contributed by atoms with van der Waals surface area (Å²) in [5.74, 6) is -0.733. The van der Waals surface area contributed by atoms with Gasteiger partial charge < -0.3 is 20.1 Å². The van der Waals surface area contributed by atoms with Gasteiger partial charge in [0.25, 0.3) is 0 Å². The van der Waals surface area contributed by atoms with E-state index in [0.717, 1.165) is 11.1 Å². The molecule has 0 saturated carbocycles. The van der Waals surface area contributed by atoms with Crippen LogP contribution in [-0.4, -0.2) is 38.0 Å². The second kappa shape index (κ2) is 12.0. The number of amides is 2. The molecular weight excluding hydrogens is 420 g/mol. The number of carbonyl (C=O) groups excluding carboxylic acids is 3. The molecule has 2 atom stereocenters. The standard InChI is InChI=1S/C23H27ClN2O5/c1-15(17-7-5-4-6-8-17)25-21(27)11-12-22(28)26-19(23(29)31-3)14-16-9-10-20(30-2)18(24)13-16/h4-10,13,15,19H,11-12,14H2,1-3H3,(H,25,27)(H,26,28)/t15-,19-/m1/s1. The lowest BCUT2D eigenvalue weighted by atomic mass is 10.1. The molecule has 2 rings (SSSR count). The Balaban J connectivity index is 1.89. The normalized spacial score (nSPS) is 12.4. The van der Waals surface area contributed by atoms with E-state index in [-0.39, 0.29) is 31.2 Å². The Morgan fingerprint density at radius 2 is 1.61 bits per heavy atom. The molecule has 2 aromatic rings. The van der Waals surface area contributed by atoms with E-state index in [9.17, 15) is 14.4 Å². The molecule has 0 saturated heterocycles. The van der Waals surface area contributed by atoms with Crippen LogP contribution in [0.15, 0.2) is 48.5 Å². The highest BCUT2D eigenvalue weighted by atomic mass is 35.5. The Morgan fingerprint density at radius 1 is 0.968 bits per heavy atom. The number of nitrogens with one attached hydrogen (secondary N) is 2. The molecule has 0 radical (unpaired) electrons. The minimum absolute atomic E-state index is 0.00522. The number of hydrogen-bond acceptors (Lipinski definition) is 5. The first-order valence-corrected chi connectivity index (χ1v) is 10.3. The quantitative estimate of drug-likeness (QED) is 0.546. The third-order valence-corrected chi connectivity index (χ3v) is 5.03. The van der Waals surface area contributed by atoms with Gasteiger partial charge in [-0.15, -0.1) is 0 Å². The first kappa shape index (κ1) is 24.2. The lowest BCUT2D eigenvalue weighted by Crippen LogP contribution is -2.43. The Kier molecular flexibility index (Phi) is 9.34. The molecule has 0 aliphatic rings. The van der Waals surface area contributed by atoms with E-state index < -0.39 is 17.9 Å². The summed E-state index contributed by atoms with van der Waals surface area (Å²) >= 11 is 6.13. The van der Waals surface area contributed by atoms with E-state index in [0.29, 0.717) is 10.8 Å². The SMILES string of the molecule is COC(=O)[C@@H](Cc1ccc(OC)c(Cl)c1)NC(=O)CCC(=O)N[C@H](C)c1ccccc1. The van der Waals surface area contributed by atoms with Crippen LogP contribution in [0.2, 0.25) is 5.02 Å². The van der Waals surface area contributed by atoms with Gasteiger partial charge in [-0.25, -0.2) is 4.79 Å². The molecule has 31 heavy (non-hydrogen) atoms. The number of halogens is 1. The van der Waals surface area contributed by atoms with Crippen LogP contribution in [0.25, 0.3) is 0 Å². The maximum atomic E-state index is 12.3. The zero-order valence-corrected chi connectivity index (χ0v) is 18.6. The molecule has 7 nitrogen and oxygen atoms in total. The average Bonchev–Trinajstić information content (AvgIpc) is 2.77. The highest BCUT2D eigenvalue weighted by Gasteiger charge is 2.23. The van der Waals surface area contributed by atoms with E-state index in [1.165, 1.54) is 14.2 Å². The van der Waals surface area contributed by atoms with Crippen LogP contribution in [0.3, 0.4) is 0 Å². The van der Waals surface area contributed by atoms with Crippen LogP contribution in [0.4, 0.5) is 0 Å². The monoisotopic (exact) mass is 446 g/mol. The van der Waals surface area contributed by atoms with E-state index >= 15 is 0 Å². The molecule has 0 aromatic heterocycles. The first-order valence-electron chi connectivity index (χ1n) is 9.88. The molecule has 0 aliphatic heterocycles. The van der Waals surface area contributed by atoms with Crippen molar-refractivity contribution in [2.75, 3.05) is 14.2 Å². The summed E-state index contributed by atoms with van der Waals surface area (Å²) in [5.41, 5.74) is 1.71. The summed E-state index contributed by atoms with van der Waals surface area (Å²) in [5, 5.41) is 5.90. The largest absolute Gasteiger partial charge is 0.495 e. The van der Waals surface area contributed by atoms with Crippen LogP contribution in [-0.2, 0) is 25.5 Å². The maximum Gasteiger partial charge on any atom is 0.328 e. The van der Waals surface area contributed by atoms with Gasteiger partial charge in [-0.05, 0) is 30.2 Å². The fraction of sp³-hybridized carbons (Fsp3) is 0.348. The van der Waals surface area contributed by atoms with Crippen LogP contribution in [0.1, 0.15) is 36.9 Å². The van der Waals surface area contributed by atoms with Crippen molar-refractivity contribution in [1.29, 1.82) is 0 Å². The lowest BCUT2D eigenvalue weighted by molar-refractivity contribution is -0.145. The van der Waals surface area contributed by atoms with Crippen molar-refractivity contribution in [2.45, 2.75) is 38.3 Å². The number of hydrogen-bond donors (Lipinski definition) is 2. The fourth-order valence-corrected chi connectivity index (χ4v) is 3.32. The zero-order chi connectivity index (χ0) is 22.8. The van der Waals surface area contributed by atoms with Crippen LogP contribution in [0, 0.1) is 0 Å². The van der Waals surface area contributed by atoms with E-state index in [2.05, 4.69) is 10.6 Å². The van der Waals surface area contributed by atoms with Gasteiger partial charge in [0.1, 0.15) is 11.8 Å². The van der Waals surface area contributed by atoms with Crippen molar-refractivity contribution < 1.29 is 23.9 Å². The van der Waals surface area contributed by atoms with Gasteiger partial charge in [-0.2, -0.15) is 0 Å². The third kappa shape index (κ3) is 7.61. The number of benzene rings is 2. The molecule has 2 aromatic carbocycles. The van der Waals surface area contributed by atoms with Crippen molar-refractivity contribution in [3.8, 4) is 5.75 Å². The molecule has 0 aliphatic carbocycles. The van der Waals surface area contributed by atoms with Crippen molar-refractivity contribution in [2.24, 2.45) is 0 Å². The summed E-state index contributed by atoms with van der Waals surface area (Å²) in [7, 11) is 2.76. The first-order chi connectivity index (χ1) is 14.8. The number of rotatable bonds is 10. The number of ether oxygens (including phenoxy) is 2. The smallest absolute Gasteiger partial charge is 0.328 e. The van der Waals surface area contributed by atoms with Gasteiger partial charge in [-0.1, -0.05) is 48.0 Å². The molecule has 0 unspecified atom stereocenters. The molecule has 166 valence electrons. The second-order valence-electron chi connectivity index (χ2n) is 7.02. The van der Waals surface area contributed by atoms with Crippen molar-refractivity contribution in [1.82, 2.24) is 10.6 Å². The van der Waals surface area contributed by atoms with Crippen molar-refractivity contribution in [3.63, 3.8) is 0 Å². The van der Waals surface area contributed by atoms with E-state index in [4.69, 9.17) is 21.1 Å². The zero-order valence-electron chi connectivity index (χ0n) is 17.8. The molecule has 0 spiro atoms. The van der Waals surface area contributed by atoms with Gasteiger partial charge in [0.05, 0.1) is 25.3 Å². The predicted octanol–water partition coefficient (Wildman–Crippen LogP) is 3.21. The number of carbonyl (C=O) groups is 3. The number of methoxy groups -OCH3 is 2. The number of esters is 1. The van der Waals surface area contributed by atoms with Gasteiger partial charge in [0, 0.05) is 19.3 Å². The lowest BCUT2D eigenvalue weighted by Gasteiger charge is -2.18. The van der Waals surface area contributed by atoms with Crippen LogP contribution in [0.5, 0.6) is 5.75 Å². The van der Waals surface area contributed by atoms with Gasteiger partial charge in [-0.3, -0.25) is 9.59 Å². The molecule has 0 fully saturated rings. The Bertz CT molecular complexity index is 904. The topological polar surface area (TPSA) is 93.7 Å². The molecule has 8 heteroatoms. The van der Waals surface area contributed by atoms with E-state index in [1.807, 2.05) is 37.3 Å². The van der Waals surface area contributed by atoms with Crippen LogP contribution >= 0.6 is 11.6 Å². The summed E-state index contributed by atoms with van der Waals surface area (Å²) in [6.45, 7) is 1.88. The summed E-state index contributed by atoms with van der Waals surface area (Å²) in [6.07, 6.45) is 0.148. The Hall–Kier alpha value is -3.06. The second-order valence-corrected chi connectivity index (χ2v) is 7.42. The van der Waals surface area contributed by atoms with Crippen molar-refractivity contribution in [3.05, 3.63) is 64.7 Å². The summed E-state index contributed by atoms with van der Waals surface area (Å²) in [4.78, 5) is 36.7. The maximum absolute atomic E-state index is 12.3. The average molecular weight is 447 g/mol. The van der Waals surface area contributed by atoms with Gasteiger partial charge >= 0.3 is 5.97 Å². The molecule has 2 N–H and O–H groups in total. The highest BCUT2D eigenvalue weighted by Crippen LogP contribution is 2.25. The van der Waals surface area contributed by atoms with Gasteiger partial charge in [0.15, 0.2) is 0 Å². The molecular formula is C23H27ClN2O5. The molecule has 0 bridgehead atoms. The molecule has 0 heterocycles. The summed E-state index contributed by atoms with van der Waals surface area (Å²) in [6, 6.07) is 13.6. The fourth-order valence-electron chi connectivity index (χ4n) is 3.04. The molecule has 2 amide bonds. The summed E-state index contributed by atoms with van der Waals surface area (Å²) < 4.78 is 9.91. The van der Waals surface area contributed by atoms with Gasteiger partial charge in [0.2, 0.25) is 11.8 Å². The predicted molar refractivity (Wildman–Crippen MR) is 118 cm³/mol. The Morgan fingerprint density at radius 3 is 2.19 bits per heavy atom. The van der Waals surface area contributed by atoms with E-state index in [1.54, 1.807) is 18.2 Å². The third-order valence-electron chi connectivity index (χ3n) is 4.73. The van der Waals surface area contributed by atoms with Crippen molar-refractivity contribution >= 4 is 29.4 Å². The minimum Gasteiger partial charge on any atom is -0.495 e. The minimum atomic E-state index is -0.895. The van der Waals surface area contributed by atoms with Crippen LogP contribution < -0.4 is 15.4 Å². The Labute approximate surface area is 187 Å².